The van der Waals surface area contributed by atoms with Crippen molar-refractivity contribution in [1.82, 2.24) is 0 Å². The summed E-state index contributed by atoms with van der Waals surface area (Å²) >= 11 is 0. The molecule has 2 N–H and O–H groups in total. The molecule has 0 unspecified atom stereocenters. The standard InChI is InChI=1S/C3H4O4.FH.Na.H/c4-2(5)1-3(6)7;;;/h1H2,(H,4,5)(H,6,7);1H;;. The van der Waals surface area contributed by atoms with Crippen LogP contribution in [0.15, 0.2) is 0 Å². The molecule has 0 atom stereocenters. The van der Waals surface area contributed by atoms with Gasteiger partial charge in [-0.1, -0.05) is 0 Å². The molecule has 0 radical (unpaired) electrons. The van der Waals surface area contributed by atoms with Crippen LogP contribution in [0.25, 0.3) is 0 Å². The van der Waals surface area contributed by atoms with Gasteiger partial charge in [-0.3, -0.25) is 14.3 Å². The first-order valence-corrected chi connectivity index (χ1v) is 1.56. The number of hydrogen-bond acceptors (Lipinski definition) is 2. The average Bonchev–Trinajstić information content (AvgIpc) is 1.27. The van der Waals surface area contributed by atoms with Gasteiger partial charge in [0.05, 0.1) is 0 Å². The Kier molecular flexibility index (Phi) is 13.9. The quantitative estimate of drug-likeness (QED) is 0.391. The molecule has 0 aliphatic heterocycles. The van der Waals surface area contributed by atoms with Crippen molar-refractivity contribution in [3.05, 3.63) is 0 Å². The predicted molar refractivity (Wildman–Crippen MR) is 29.5 cm³/mol. The van der Waals surface area contributed by atoms with Crippen LogP contribution in [0.1, 0.15) is 6.42 Å². The number of carboxylic acids is 2. The minimum atomic E-state index is -1.31. The van der Waals surface area contributed by atoms with Gasteiger partial charge in [-0.2, -0.15) is 0 Å². The Labute approximate surface area is 72.5 Å². The topological polar surface area (TPSA) is 74.6 Å². The van der Waals surface area contributed by atoms with Gasteiger partial charge in [-0.05, 0) is 0 Å². The van der Waals surface area contributed by atoms with Crippen LogP contribution >= 0.6 is 0 Å². The van der Waals surface area contributed by atoms with Crippen molar-refractivity contribution in [3.63, 3.8) is 0 Å². The number of rotatable bonds is 2. The summed E-state index contributed by atoms with van der Waals surface area (Å²) in [6.07, 6.45) is -0.806. The van der Waals surface area contributed by atoms with Crippen molar-refractivity contribution >= 4 is 41.5 Å². The molecule has 0 aliphatic carbocycles. The summed E-state index contributed by atoms with van der Waals surface area (Å²) in [6, 6.07) is 0. The zero-order chi connectivity index (χ0) is 5.86. The van der Waals surface area contributed by atoms with Gasteiger partial charge >= 0.3 is 41.5 Å². The summed E-state index contributed by atoms with van der Waals surface area (Å²) in [6.45, 7) is 0. The molecule has 0 saturated carbocycles. The third-order valence-electron chi connectivity index (χ3n) is 0.302. The number of aliphatic carboxylic acids is 2. The number of carbonyl (C=O) groups is 2. The van der Waals surface area contributed by atoms with E-state index in [1.165, 1.54) is 0 Å². The van der Waals surface area contributed by atoms with E-state index in [0.29, 0.717) is 0 Å². The molecule has 4 nitrogen and oxygen atoms in total. The first kappa shape index (κ1) is 15.9. The van der Waals surface area contributed by atoms with Gasteiger partial charge in [-0.15, -0.1) is 0 Å². The van der Waals surface area contributed by atoms with E-state index in [4.69, 9.17) is 10.2 Å². The second kappa shape index (κ2) is 7.87. The fourth-order valence-electron chi connectivity index (χ4n) is 0.129. The average molecular weight is 148 g/mol. The van der Waals surface area contributed by atoms with Crippen LogP contribution in [-0.2, 0) is 9.59 Å². The summed E-state index contributed by atoms with van der Waals surface area (Å²) in [7, 11) is 0. The van der Waals surface area contributed by atoms with Gasteiger partial charge in [0.25, 0.3) is 0 Å². The first-order chi connectivity index (χ1) is 3.13. The number of halogens is 1. The molecule has 0 aliphatic rings. The van der Waals surface area contributed by atoms with Gasteiger partial charge in [0.1, 0.15) is 6.42 Å². The molecule has 0 aromatic carbocycles. The Morgan fingerprint density at radius 1 is 1.11 bits per heavy atom. The Hall–Kier alpha value is -0.130. The van der Waals surface area contributed by atoms with Crippen molar-refractivity contribution in [2.45, 2.75) is 6.42 Å². The SMILES string of the molecule is F.O=C(O)CC(=O)O.[NaH]. The predicted octanol–water partition coefficient (Wildman–Crippen LogP) is -0.950. The molecular formula is C3H6FNaO4. The second-order valence-electron chi connectivity index (χ2n) is 0.964. The van der Waals surface area contributed by atoms with Crippen LogP contribution in [0.4, 0.5) is 4.70 Å². The fourth-order valence-corrected chi connectivity index (χ4v) is 0.129. The molecule has 0 rings (SSSR count). The molecule has 0 fully saturated rings. The van der Waals surface area contributed by atoms with Crippen LogP contribution in [-0.4, -0.2) is 51.7 Å². The zero-order valence-corrected chi connectivity index (χ0v) is 3.83. The Bertz CT molecular complexity index is 92.0. The van der Waals surface area contributed by atoms with Crippen molar-refractivity contribution < 1.29 is 24.5 Å². The molecule has 50 valence electrons. The Morgan fingerprint density at radius 3 is 1.33 bits per heavy atom. The van der Waals surface area contributed by atoms with Gasteiger partial charge in [-0.25, -0.2) is 0 Å². The molecule has 6 heteroatoms. The third kappa shape index (κ3) is 18.1. The number of carboxylic acid groups (broad SMARTS) is 2. The van der Waals surface area contributed by atoms with Gasteiger partial charge in [0.15, 0.2) is 0 Å². The van der Waals surface area contributed by atoms with E-state index in [2.05, 4.69) is 0 Å². The number of hydrogen-bond donors (Lipinski definition) is 2. The van der Waals surface area contributed by atoms with Crippen molar-refractivity contribution in [3.8, 4) is 0 Å². The monoisotopic (exact) mass is 148 g/mol. The van der Waals surface area contributed by atoms with Gasteiger partial charge in [0, 0.05) is 0 Å². The molecule has 0 amide bonds. The van der Waals surface area contributed by atoms with E-state index in [0.717, 1.165) is 0 Å². The van der Waals surface area contributed by atoms with Crippen LogP contribution in [0.3, 0.4) is 0 Å². The Morgan fingerprint density at radius 2 is 1.33 bits per heavy atom. The van der Waals surface area contributed by atoms with Crippen LogP contribution in [0.5, 0.6) is 0 Å². The maximum atomic E-state index is 9.43. The third-order valence-corrected chi connectivity index (χ3v) is 0.302. The summed E-state index contributed by atoms with van der Waals surface area (Å²) in [5, 5.41) is 15.4. The van der Waals surface area contributed by atoms with Crippen LogP contribution in [0, 0.1) is 0 Å². The minimum absolute atomic E-state index is 0. The van der Waals surface area contributed by atoms with E-state index in [1.54, 1.807) is 0 Å². The van der Waals surface area contributed by atoms with Crippen LogP contribution < -0.4 is 0 Å². The first-order valence-electron chi connectivity index (χ1n) is 1.56. The molecule has 0 spiro atoms. The van der Waals surface area contributed by atoms with E-state index in [1.807, 2.05) is 0 Å². The van der Waals surface area contributed by atoms with Crippen molar-refractivity contribution in [2.75, 3.05) is 0 Å². The Balaban J connectivity index is -0.000000180. The summed E-state index contributed by atoms with van der Waals surface area (Å²) in [5.74, 6) is -2.62. The van der Waals surface area contributed by atoms with Crippen molar-refractivity contribution in [2.24, 2.45) is 0 Å². The van der Waals surface area contributed by atoms with Gasteiger partial charge in [0.2, 0.25) is 0 Å². The van der Waals surface area contributed by atoms with E-state index in [-0.39, 0.29) is 34.3 Å². The molecule has 0 bridgehead atoms. The molecule has 0 aromatic heterocycles. The van der Waals surface area contributed by atoms with Gasteiger partial charge < -0.3 is 10.2 Å². The maximum absolute atomic E-state index is 9.43. The fraction of sp³-hybridized carbons (Fsp3) is 0.333. The normalized spacial score (nSPS) is 6.22. The molecule has 0 aromatic rings. The summed E-state index contributed by atoms with van der Waals surface area (Å²) in [4.78, 5) is 18.9. The summed E-state index contributed by atoms with van der Waals surface area (Å²) < 4.78 is 0. The summed E-state index contributed by atoms with van der Waals surface area (Å²) in [5.41, 5.74) is 0. The van der Waals surface area contributed by atoms with E-state index >= 15 is 0 Å². The second-order valence-corrected chi connectivity index (χ2v) is 0.964. The van der Waals surface area contributed by atoms with Crippen molar-refractivity contribution in [1.29, 1.82) is 0 Å². The zero-order valence-electron chi connectivity index (χ0n) is 3.83. The van der Waals surface area contributed by atoms with E-state index < -0.39 is 18.4 Å². The molecule has 0 saturated heterocycles. The molecule has 0 heterocycles. The molecular weight excluding hydrogens is 142 g/mol. The van der Waals surface area contributed by atoms with Crippen LogP contribution in [0.2, 0.25) is 0 Å². The van der Waals surface area contributed by atoms with E-state index in [9.17, 15) is 9.59 Å². The molecule has 9 heavy (non-hydrogen) atoms.